The van der Waals surface area contributed by atoms with E-state index >= 15 is 0 Å². The summed E-state index contributed by atoms with van der Waals surface area (Å²) in [6.07, 6.45) is 15.9. The lowest BCUT2D eigenvalue weighted by molar-refractivity contribution is 0.0439. The Morgan fingerprint density at radius 2 is 1.74 bits per heavy atom. The Balaban J connectivity index is 1.47. The van der Waals surface area contributed by atoms with E-state index in [1.54, 1.807) is 11.1 Å². The van der Waals surface area contributed by atoms with Gasteiger partial charge in [-0.1, -0.05) is 57.9 Å². The monoisotopic (exact) mass is 562 g/mol. The van der Waals surface area contributed by atoms with Crippen LogP contribution < -0.4 is 0 Å². The number of hydrogen-bond donors (Lipinski definition) is 2. The molecule has 0 aromatic carbocycles. The second kappa shape index (κ2) is 11.0. The molecule has 218 valence electrons. The molecule has 0 unspecified atom stereocenters. The van der Waals surface area contributed by atoms with Gasteiger partial charge < -0.3 is 14.6 Å². The smallest absolute Gasteiger partial charge is 0.192 e. The topological polar surface area (TPSA) is 49.7 Å². The van der Waals surface area contributed by atoms with E-state index in [4.69, 9.17) is 4.43 Å². The fourth-order valence-corrected chi connectivity index (χ4v) is 11.1. The zero-order valence-corrected chi connectivity index (χ0v) is 27.8. The highest BCUT2D eigenvalue weighted by Gasteiger charge is 2.57. The summed E-state index contributed by atoms with van der Waals surface area (Å²) in [7, 11) is -1.76. The van der Waals surface area contributed by atoms with Gasteiger partial charge >= 0.3 is 0 Å². The predicted octanol–water partition coefficient (Wildman–Crippen LogP) is 8.52. The second-order valence-electron chi connectivity index (χ2n) is 15.9. The van der Waals surface area contributed by atoms with Crippen LogP contribution in [0.4, 0.5) is 0 Å². The molecule has 3 saturated carbocycles. The first-order chi connectivity index (χ1) is 17.5. The van der Waals surface area contributed by atoms with Crippen LogP contribution in [0, 0.1) is 28.6 Å². The van der Waals surface area contributed by atoms with E-state index in [2.05, 4.69) is 59.9 Å². The van der Waals surface area contributed by atoms with E-state index in [0.717, 1.165) is 25.0 Å². The number of fused-ring (bicyclic) bond motifs is 5. The molecule has 0 radical (unpaired) electrons. The summed E-state index contributed by atoms with van der Waals surface area (Å²) in [6, 6.07) is 0. The largest absolute Gasteiger partial charge is 0.414 e. The van der Waals surface area contributed by atoms with E-state index in [1.807, 2.05) is 25.6 Å². The van der Waals surface area contributed by atoms with Gasteiger partial charge in [0.2, 0.25) is 0 Å². The Morgan fingerprint density at radius 3 is 2.37 bits per heavy atom. The molecule has 0 amide bonds. The standard InChI is InChI=1S/C33H58O3SSi/c1-30(2,3)38(8,9)36-24-15-18-32(6)23(21-24)11-12-25-26-13-14-28(33(26,7)19-16-27(25)32)29(22-34)37-20-10-17-31(4,5)35/h11-12,24,26-29,34-35H,10,13-22H2,1-9H3/t24-,26-,27-,28+,29-,32-,33-/m0/s1. The van der Waals surface area contributed by atoms with E-state index < -0.39 is 13.9 Å². The Kier molecular flexibility index (Phi) is 8.91. The van der Waals surface area contributed by atoms with Crippen molar-refractivity contribution >= 4 is 20.1 Å². The molecule has 3 fully saturated rings. The molecule has 38 heavy (non-hydrogen) atoms. The quantitative estimate of drug-likeness (QED) is 0.218. The number of thioether (sulfide) groups is 1. The first-order valence-electron chi connectivity index (χ1n) is 15.6. The van der Waals surface area contributed by atoms with Crippen LogP contribution in [0.2, 0.25) is 18.1 Å². The van der Waals surface area contributed by atoms with Gasteiger partial charge in [0.15, 0.2) is 8.32 Å². The Hall–Kier alpha value is -0.0731. The van der Waals surface area contributed by atoms with Crippen molar-refractivity contribution < 1.29 is 14.6 Å². The minimum Gasteiger partial charge on any atom is -0.414 e. The Bertz CT molecular complexity index is 912. The minimum atomic E-state index is -1.76. The number of hydrogen-bond acceptors (Lipinski definition) is 4. The average molecular weight is 563 g/mol. The predicted molar refractivity (Wildman–Crippen MR) is 166 cm³/mol. The second-order valence-corrected chi connectivity index (χ2v) is 22.0. The van der Waals surface area contributed by atoms with Gasteiger partial charge in [0.25, 0.3) is 0 Å². The average Bonchev–Trinajstić information content (AvgIpc) is 3.15. The molecular formula is C33H58O3SSi. The highest BCUT2D eigenvalue weighted by Crippen LogP contribution is 2.66. The molecule has 0 aliphatic heterocycles. The third-order valence-electron chi connectivity index (χ3n) is 11.8. The van der Waals surface area contributed by atoms with Gasteiger partial charge in [-0.2, -0.15) is 11.8 Å². The van der Waals surface area contributed by atoms with Gasteiger partial charge in [-0.25, -0.2) is 0 Å². The molecule has 4 aliphatic rings. The molecular weight excluding hydrogens is 505 g/mol. The van der Waals surface area contributed by atoms with Crippen LogP contribution in [0.1, 0.15) is 106 Å². The van der Waals surface area contributed by atoms with Crippen LogP contribution in [0.15, 0.2) is 23.3 Å². The zero-order valence-electron chi connectivity index (χ0n) is 26.0. The number of aliphatic hydroxyl groups is 2. The first kappa shape index (κ1) is 30.9. The number of rotatable bonds is 9. The molecule has 4 rings (SSSR count). The first-order valence-corrected chi connectivity index (χ1v) is 19.5. The van der Waals surface area contributed by atoms with Crippen molar-refractivity contribution in [2.45, 2.75) is 141 Å². The zero-order chi connectivity index (χ0) is 28.1. The summed E-state index contributed by atoms with van der Waals surface area (Å²) in [6.45, 7) is 21.1. The van der Waals surface area contributed by atoms with Crippen LogP contribution in [0.5, 0.6) is 0 Å². The van der Waals surface area contributed by atoms with Crippen molar-refractivity contribution in [2.75, 3.05) is 12.4 Å². The summed E-state index contributed by atoms with van der Waals surface area (Å²) in [5, 5.41) is 21.1. The van der Waals surface area contributed by atoms with E-state index in [9.17, 15) is 10.2 Å². The van der Waals surface area contributed by atoms with Crippen LogP contribution in [-0.2, 0) is 4.43 Å². The molecule has 0 bridgehead atoms. The van der Waals surface area contributed by atoms with Gasteiger partial charge in [-0.05, 0) is 124 Å². The summed E-state index contributed by atoms with van der Waals surface area (Å²) < 4.78 is 6.91. The van der Waals surface area contributed by atoms with Crippen LogP contribution in [0.25, 0.3) is 0 Å². The molecule has 0 saturated heterocycles. The van der Waals surface area contributed by atoms with Crippen LogP contribution >= 0.6 is 11.8 Å². The number of allylic oxidation sites excluding steroid dienone is 3. The van der Waals surface area contributed by atoms with E-state index in [0.29, 0.717) is 39.9 Å². The molecule has 0 heterocycles. The van der Waals surface area contributed by atoms with Crippen molar-refractivity contribution in [2.24, 2.45) is 28.6 Å². The normalized spacial score (nSPS) is 36.6. The maximum Gasteiger partial charge on any atom is 0.192 e. The summed E-state index contributed by atoms with van der Waals surface area (Å²) in [4.78, 5) is 0. The Morgan fingerprint density at radius 1 is 1.03 bits per heavy atom. The van der Waals surface area contributed by atoms with Crippen molar-refractivity contribution in [1.82, 2.24) is 0 Å². The van der Waals surface area contributed by atoms with E-state index in [-0.39, 0.29) is 11.6 Å². The van der Waals surface area contributed by atoms with Crippen molar-refractivity contribution in [3.63, 3.8) is 0 Å². The maximum atomic E-state index is 10.4. The van der Waals surface area contributed by atoms with Gasteiger partial charge in [0, 0.05) is 11.4 Å². The Labute approximate surface area is 239 Å². The molecule has 5 heteroatoms. The van der Waals surface area contributed by atoms with Crippen LogP contribution in [0.3, 0.4) is 0 Å². The highest BCUT2D eigenvalue weighted by molar-refractivity contribution is 7.99. The van der Waals surface area contributed by atoms with Crippen molar-refractivity contribution in [3.8, 4) is 0 Å². The molecule has 0 aromatic heterocycles. The summed E-state index contributed by atoms with van der Waals surface area (Å²) in [5.74, 6) is 2.95. The fraction of sp³-hybridized carbons (Fsp3) is 0.879. The highest BCUT2D eigenvalue weighted by atomic mass is 32.2. The molecule has 0 aromatic rings. The van der Waals surface area contributed by atoms with Gasteiger partial charge in [-0.3, -0.25) is 0 Å². The van der Waals surface area contributed by atoms with Crippen molar-refractivity contribution in [3.05, 3.63) is 23.3 Å². The third kappa shape index (κ3) is 5.94. The third-order valence-corrected chi connectivity index (χ3v) is 17.7. The molecule has 0 spiro atoms. The summed E-state index contributed by atoms with van der Waals surface area (Å²) in [5.41, 5.74) is 3.38. The van der Waals surface area contributed by atoms with Gasteiger partial charge in [-0.15, -0.1) is 0 Å². The molecule has 4 aliphatic carbocycles. The maximum absolute atomic E-state index is 10.4. The lowest BCUT2D eigenvalue weighted by atomic mass is 9.50. The van der Waals surface area contributed by atoms with Crippen molar-refractivity contribution in [1.29, 1.82) is 0 Å². The molecule has 2 N–H and O–H groups in total. The fourth-order valence-electron chi connectivity index (χ4n) is 8.35. The minimum absolute atomic E-state index is 0.259. The SMILES string of the molecule is CC(C)(O)CCCS[C@@H](CO)[C@H]1CC[C@H]2C3=CC=C4C[C@@H](O[Si](C)(C)C(C)(C)C)CC[C@]4(C)[C@H]3CC[C@]12C. The van der Waals surface area contributed by atoms with Gasteiger partial charge in [0.1, 0.15) is 0 Å². The van der Waals surface area contributed by atoms with Gasteiger partial charge in [0.05, 0.1) is 12.2 Å². The molecule has 3 nitrogen and oxygen atoms in total. The molecule has 7 atom stereocenters. The van der Waals surface area contributed by atoms with E-state index in [1.165, 1.54) is 38.5 Å². The number of aliphatic hydroxyl groups excluding tert-OH is 1. The lowest BCUT2D eigenvalue weighted by Crippen LogP contribution is -2.49. The summed E-state index contributed by atoms with van der Waals surface area (Å²) >= 11 is 1.96. The lowest BCUT2D eigenvalue weighted by Gasteiger charge is -2.56. The van der Waals surface area contributed by atoms with Crippen LogP contribution in [-0.4, -0.2) is 47.8 Å².